The topological polar surface area (TPSA) is 26.0 Å². The molecule has 0 aromatic heterocycles. The fraction of sp³-hybridized carbons (Fsp3) is 1.00. The maximum atomic E-state index is 6.18. The first-order valence-electron chi connectivity index (χ1n) is 4.66. The van der Waals surface area contributed by atoms with E-state index in [0.717, 1.165) is 6.42 Å². The van der Waals surface area contributed by atoms with Crippen LogP contribution < -0.4 is 5.73 Å². The Morgan fingerprint density at radius 2 is 1.55 bits per heavy atom. The molecule has 11 heavy (non-hydrogen) atoms. The molecule has 0 aromatic rings. The quantitative estimate of drug-likeness (QED) is 0.667. The van der Waals surface area contributed by atoms with Gasteiger partial charge >= 0.3 is 0 Å². The molecule has 0 aliphatic heterocycles. The van der Waals surface area contributed by atoms with Gasteiger partial charge in [0.05, 0.1) is 0 Å². The van der Waals surface area contributed by atoms with Crippen molar-refractivity contribution in [2.75, 3.05) is 0 Å². The highest BCUT2D eigenvalue weighted by Gasteiger charge is 2.34. The zero-order chi connectivity index (χ0) is 9.12. The maximum absolute atomic E-state index is 6.18. The number of hydrogen-bond acceptors (Lipinski definition) is 1. The Morgan fingerprint density at radius 1 is 1.09 bits per heavy atom. The van der Waals surface area contributed by atoms with Gasteiger partial charge < -0.3 is 5.73 Å². The smallest absolute Gasteiger partial charge is 0.0174 e. The molecule has 0 amide bonds. The fourth-order valence-corrected chi connectivity index (χ4v) is 1.39. The van der Waals surface area contributed by atoms with E-state index in [1.807, 2.05) is 0 Å². The van der Waals surface area contributed by atoms with E-state index >= 15 is 0 Å². The molecule has 0 spiro atoms. The predicted octanol–water partition coefficient (Wildman–Crippen LogP) is 2.94. The number of nitrogens with two attached hydrogens (primary N) is 1. The second-order valence-electron chi connectivity index (χ2n) is 4.40. The van der Waals surface area contributed by atoms with Crippen LogP contribution in [0.3, 0.4) is 0 Å². The zero-order valence-corrected chi connectivity index (χ0v) is 8.70. The van der Waals surface area contributed by atoms with Crippen LogP contribution in [0.1, 0.15) is 53.9 Å². The van der Waals surface area contributed by atoms with E-state index in [2.05, 4.69) is 34.6 Å². The van der Waals surface area contributed by atoms with Crippen LogP contribution in [0.25, 0.3) is 0 Å². The van der Waals surface area contributed by atoms with Gasteiger partial charge in [-0.3, -0.25) is 0 Å². The van der Waals surface area contributed by atoms with Gasteiger partial charge in [-0.1, -0.05) is 34.1 Å². The highest BCUT2D eigenvalue weighted by Crippen LogP contribution is 2.35. The van der Waals surface area contributed by atoms with Gasteiger partial charge in [0.1, 0.15) is 0 Å². The maximum Gasteiger partial charge on any atom is 0.0174 e. The summed E-state index contributed by atoms with van der Waals surface area (Å²) in [6.07, 6.45) is 3.49. The third-order valence-electron chi connectivity index (χ3n) is 3.16. The predicted molar refractivity (Wildman–Crippen MR) is 51.6 cm³/mol. The Morgan fingerprint density at radius 3 is 1.82 bits per heavy atom. The lowest BCUT2D eigenvalue weighted by atomic mass is 9.70. The average Bonchev–Trinajstić information content (AvgIpc) is 1.87. The van der Waals surface area contributed by atoms with E-state index in [-0.39, 0.29) is 11.0 Å². The van der Waals surface area contributed by atoms with Crippen LogP contribution >= 0.6 is 0 Å². The van der Waals surface area contributed by atoms with E-state index in [0.29, 0.717) is 0 Å². The Hall–Kier alpha value is -0.0400. The second-order valence-corrected chi connectivity index (χ2v) is 4.40. The minimum absolute atomic E-state index is 0.0109. The van der Waals surface area contributed by atoms with Crippen molar-refractivity contribution in [3.8, 4) is 0 Å². The van der Waals surface area contributed by atoms with Crippen molar-refractivity contribution in [2.45, 2.75) is 59.4 Å². The van der Waals surface area contributed by atoms with Gasteiger partial charge in [0.2, 0.25) is 0 Å². The van der Waals surface area contributed by atoms with Crippen molar-refractivity contribution < 1.29 is 0 Å². The summed E-state index contributed by atoms with van der Waals surface area (Å²) in [6, 6.07) is 0. The van der Waals surface area contributed by atoms with Gasteiger partial charge in [0, 0.05) is 5.54 Å². The lowest BCUT2D eigenvalue weighted by molar-refractivity contribution is 0.161. The van der Waals surface area contributed by atoms with Crippen LogP contribution in [0.4, 0.5) is 0 Å². The fourth-order valence-electron chi connectivity index (χ4n) is 1.39. The molecule has 1 unspecified atom stereocenters. The molecule has 0 heterocycles. The second kappa shape index (κ2) is 3.57. The normalized spacial score (nSPS) is 18.0. The zero-order valence-electron chi connectivity index (χ0n) is 8.70. The summed E-state index contributed by atoms with van der Waals surface area (Å²) in [5.41, 5.74) is 6.44. The Balaban J connectivity index is 4.26. The molecule has 0 radical (unpaired) electrons. The molecule has 1 heteroatoms. The summed E-state index contributed by atoms with van der Waals surface area (Å²) in [7, 11) is 0. The lowest BCUT2D eigenvalue weighted by Gasteiger charge is -2.41. The molecule has 0 bridgehead atoms. The largest absolute Gasteiger partial charge is 0.325 e. The van der Waals surface area contributed by atoms with E-state index < -0.39 is 0 Å². The molecule has 0 rings (SSSR count). The SMILES string of the molecule is CCCC(C)(C)C(C)(N)CC. The Kier molecular flexibility index (Phi) is 3.56. The average molecular weight is 157 g/mol. The summed E-state index contributed by atoms with van der Waals surface area (Å²) in [5.74, 6) is 0. The summed E-state index contributed by atoms with van der Waals surface area (Å²) in [4.78, 5) is 0. The number of hydrogen-bond donors (Lipinski definition) is 1. The van der Waals surface area contributed by atoms with E-state index in [4.69, 9.17) is 5.73 Å². The monoisotopic (exact) mass is 157 g/mol. The van der Waals surface area contributed by atoms with Crippen molar-refractivity contribution in [3.63, 3.8) is 0 Å². The first kappa shape index (κ1) is 11.0. The first-order chi connectivity index (χ1) is 4.87. The standard InChI is InChI=1S/C10H23N/c1-6-8-9(3,4)10(5,11)7-2/h6-8,11H2,1-5H3. The van der Waals surface area contributed by atoms with Crippen molar-refractivity contribution in [1.82, 2.24) is 0 Å². The third-order valence-corrected chi connectivity index (χ3v) is 3.16. The third kappa shape index (κ3) is 2.48. The van der Waals surface area contributed by atoms with Crippen LogP contribution in [0.2, 0.25) is 0 Å². The molecule has 1 nitrogen and oxygen atoms in total. The van der Waals surface area contributed by atoms with Crippen LogP contribution in [0, 0.1) is 5.41 Å². The Bertz CT molecular complexity index is 114. The molecule has 0 saturated carbocycles. The minimum Gasteiger partial charge on any atom is -0.325 e. The van der Waals surface area contributed by atoms with Crippen molar-refractivity contribution in [1.29, 1.82) is 0 Å². The minimum atomic E-state index is -0.0109. The summed E-state index contributed by atoms with van der Waals surface area (Å²) >= 11 is 0. The van der Waals surface area contributed by atoms with E-state index in [1.54, 1.807) is 0 Å². The van der Waals surface area contributed by atoms with Crippen molar-refractivity contribution in [2.24, 2.45) is 11.1 Å². The highest BCUT2D eigenvalue weighted by atomic mass is 14.8. The van der Waals surface area contributed by atoms with E-state index in [1.165, 1.54) is 12.8 Å². The highest BCUT2D eigenvalue weighted by molar-refractivity contribution is 4.92. The van der Waals surface area contributed by atoms with Gasteiger partial charge in [-0.05, 0) is 25.2 Å². The van der Waals surface area contributed by atoms with Crippen LogP contribution in [0.5, 0.6) is 0 Å². The molecule has 0 aliphatic carbocycles. The van der Waals surface area contributed by atoms with Crippen LogP contribution in [-0.4, -0.2) is 5.54 Å². The van der Waals surface area contributed by atoms with Gasteiger partial charge in [-0.2, -0.15) is 0 Å². The lowest BCUT2D eigenvalue weighted by Crippen LogP contribution is -2.49. The molecule has 1 atom stereocenters. The summed E-state index contributed by atoms with van der Waals surface area (Å²) < 4.78 is 0. The molecule has 0 saturated heterocycles. The molecular weight excluding hydrogens is 134 g/mol. The van der Waals surface area contributed by atoms with Gasteiger partial charge in [-0.15, -0.1) is 0 Å². The molecule has 0 aromatic carbocycles. The molecule has 0 aliphatic rings. The molecule has 0 fully saturated rings. The molecule has 68 valence electrons. The van der Waals surface area contributed by atoms with Crippen LogP contribution in [0.15, 0.2) is 0 Å². The van der Waals surface area contributed by atoms with Gasteiger partial charge in [0.15, 0.2) is 0 Å². The first-order valence-corrected chi connectivity index (χ1v) is 4.66. The molecule has 2 N–H and O–H groups in total. The van der Waals surface area contributed by atoms with Gasteiger partial charge in [0.25, 0.3) is 0 Å². The summed E-state index contributed by atoms with van der Waals surface area (Å²) in [5, 5.41) is 0. The van der Waals surface area contributed by atoms with E-state index in [9.17, 15) is 0 Å². The summed E-state index contributed by atoms with van der Waals surface area (Å²) in [6.45, 7) is 11.1. The Labute approximate surface area is 71.4 Å². The molecular formula is C10H23N. The van der Waals surface area contributed by atoms with Crippen LogP contribution in [-0.2, 0) is 0 Å². The van der Waals surface area contributed by atoms with Crippen molar-refractivity contribution >= 4 is 0 Å². The van der Waals surface area contributed by atoms with Gasteiger partial charge in [-0.25, -0.2) is 0 Å². The van der Waals surface area contributed by atoms with Crippen molar-refractivity contribution in [3.05, 3.63) is 0 Å². The number of rotatable bonds is 4.